The minimum atomic E-state index is -3.59. The quantitative estimate of drug-likeness (QED) is 0.616. The number of amides is 1. The van der Waals surface area contributed by atoms with Crippen molar-refractivity contribution in [2.24, 2.45) is 5.92 Å². The maximum atomic E-state index is 13.0. The Labute approximate surface area is 190 Å². The van der Waals surface area contributed by atoms with E-state index in [9.17, 15) is 13.2 Å². The molecule has 1 fully saturated rings. The summed E-state index contributed by atoms with van der Waals surface area (Å²) >= 11 is 0. The summed E-state index contributed by atoms with van der Waals surface area (Å²) < 4.78 is 38.3. The first kappa shape index (κ1) is 24.1. The van der Waals surface area contributed by atoms with Crippen molar-refractivity contribution in [3.8, 4) is 11.5 Å². The number of carbonyl (C=O) groups excluding carboxylic acids is 1. The predicted molar refractivity (Wildman–Crippen MR) is 123 cm³/mol. The molecular weight excluding hydrogens is 428 g/mol. The smallest absolute Gasteiger partial charge is 0.243 e. The Bertz CT molecular complexity index is 999. The number of benzene rings is 2. The number of nitrogens with zero attached hydrogens (tertiary/aromatic N) is 1. The van der Waals surface area contributed by atoms with Gasteiger partial charge < -0.3 is 14.8 Å². The Morgan fingerprint density at radius 1 is 1.03 bits per heavy atom. The molecule has 0 bridgehead atoms. The van der Waals surface area contributed by atoms with E-state index in [2.05, 4.69) is 5.32 Å². The second kappa shape index (κ2) is 10.8. The van der Waals surface area contributed by atoms with Crippen LogP contribution in [0.2, 0.25) is 0 Å². The average Bonchev–Trinajstić information content (AvgIpc) is 2.80. The van der Waals surface area contributed by atoms with E-state index in [0.717, 1.165) is 11.3 Å². The lowest BCUT2D eigenvalue weighted by atomic mass is 9.96. The lowest BCUT2D eigenvalue weighted by Gasteiger charge is -2.31. The lowest BCUT2D eigenvalue weighted by Crippen LogP contribution is -2.43. The molecule has 1 aliphatic rings. The van der Waals surface area contributed by atoms with Gasteiger partial charge in [-0.3, -0.25) is 4.79 Å². The first-order valence-electron chi connectivity index (χ1n) is 11.1. The summed E-state index contributed by atoms with van der Waals surface area (Å²) in [6, 6.07) is 14.0. The van der Waals surface area contributed by atoms with Crippen molar-refractivity contribution in [2.75, 3.05) is 26.3 Å². The zero-order valence-electron chi connectivity index (χ0n) is 18.9. The number of sulfonamides is 1. The molecule has 0 spiro atoms. The van der Waals surface area contributed by atoms with Crippen molar-refractivity contribution in [3.05, 3.63) is 54.1 Å². The maximum Gasteiger partial charge on any atom is 0.243 e. The Balaban J connectivity index is 1.56. The highest BCUT2D eigenvalue weighted by Gasteiger charge is 2.32. The topological polar surface area (TPSA) is 84.9 Å². The standard InChI is InChI=1S/C24H32N2O5S/c1-4-30-21-9-11-23(12-10-21)32(28,29)26-15-13-19(14-16-26)24(27)25-18(3)20-7-6-8-22(17-20)31-5-2/h6-12,17-19H,4-5,13-16H2,1-3H3,(H,25,27). The van der Waals surface area contributed by atoms with Crippen LogP contribution in [0.15, 0.2) is 53.4 Å². The molecule has 1 aliphatic heterocycles. The fraction of sp³-hybridized carbons (Fsp3) is 0.458. The molecule has 1 unspecified atom stereocenters. The zero-order valence-corrected chi connectivity index (χ0v) is 19.7. The monoisotopic (exact) mass is 460 g/mol. The summed E-state index contributed by atoms with van der Waals surface area (Å²) in [7, 11) is -3.59. The van der Waals surface area contributed by atoms with Gasteiger partial charge in [0.2, 0.25) is 15.9 Å². The van der Waals surface area contributed by atoms with E-state index < -0.39 is 10.0 Å². The highest BCUT2D eigenvalue weighted by Crippen LogP contribution is 2.26. The van der Waals surface area contributed by atoms with Gasteiger partial charge in [-0.2, -0.15) is 4.31 Å². The van der Waals surface area contributed by atoms with Crippen LogP contribution in [0.4, 0.5) is 0 Å². The van der Waals surface area contributed by atoms with Crippen LogP contribution in [0.25, 0.3) is 0 Å². The zero-order chi connectivity index (χ0) is 23.1. The molecule has 2 aromatic rings. The molecule has 0 saturated carbocycles. The third kappa shape index (κ3) is 5.81. The normalized spacial score (nSPS) is 16.3. The fourth-order valence-corrected chi connectivity index (χ4v) is 5.31. The average molecular weight is 461 g/mol. The molecular formula is C24H32N2O5S. The summed E-state index contributed by atoms with van der Waals surface area (Å²) in [6.45, 7) is 7.50. The van der Waals surface area contributed by atoms with Gasteiger partial charge >= 0.3 is 0 Å². The molecule has 0 aromatic heterocycles. The van der Waals surface area contributed by atoms with Crippen LogP contribution in [-0.4, -0.2) is 44.9 Å². The second-order valence-corrected chi connectivity index (χ2v) is 9.76. The molecule has 32 heavy (non-hydrogen) atoms. The highest BCUT2D eigenvalue weighted by atomic mass is 32.2. The van der Waals surface area contributed by atoms with Crippen LogP contribution in [0.1, 0.15) is 45.2 Å². The summed E-state index contributed by atoms with van der Waals surface area (Å²) in [5.41, 5.74) is 0.972. The highest BCUT2D eigenvalue weighted by molar-refractivity contribution is 7.89. The predicted octanol–water partition coefficient (Wildman–Crippen LogP) is 3.76. The molecule has 1 N–H and O–H groups in total. The molecule has 1 atom stereocenters. The van der Waals surface area contributed by atoms with Crippen molar-refractivity contribution in [2.45, 2.75) is 44.6 Å². The molecule has 7 nitrogen and oxygen atoms in total. The van der Waals surface area contributed by atoms with Crippen molar-refractivity contribution >= 4 is 15.9 Å². The molecule has 3 rings (SSSR count). The second-order valence-electron chi connectivity index (χ2n) is 7.82. The maximum absolute atomic E-state index is 13.0. The van der Waals surface area contributed by atoms with E-state index in [-0.39, 0.29) is 22.8 Å². The lowest BCUT2D eigenvalue weighted by molar-refractivity contribution is -0.126. The molecule has 2 aromatic carbocycles. The summed E-state index contributed by atoms with van der Waals surface area (Å²) in [6.07, 6.45) is 0.988. The van der Waals surface area contributed by atoms with E-state index in [1.165, 1.54) is 4.31 Å². The van der Waals surface area contributed by atoms with Crippen LogP contribution in [-0.2, 0) is 14.8 Å². The van der Waals surface area contributed by atoms with Gasteiger partial charge in [0.25, 0.3) is 0 Å². The van der Waals surface area contributed by atoms with Crippen molar-refractivity contribution in [1.82, 2.24) is 9.62 Å². The van der Waals surface area contributed by atoms with Gasteiger partial charge in [-0.25, -0.2) is 8.42 Å². The summed E-state index contributed by atoms with van der Waals surface area (Å²) in [4.78, 5) is 13.0. The molecule has 174 valence electrons. The Morgan fingerprint density at radius 3 is 2.28 bits per heavy atom. The summed E-state index contributed by atoms with van der Waals surface area (Å²) in [5.74, 6) is 1.17. The number of carbonyl (C=O) groups is 1. The Hall–Kier alpha value is -2.58. The van der Waals surface area contributed by atoms with Gasteiger partial charge in [-0.05, 0) is 75.6 Å². The van der Waals surface area contributed by atoms with Gasteiger partial charge in [-0.1, -0.05) is 12.1 Å². The molecule has 1 amide bonds. The minimum absolute atomic E-state index is 0.0440. The summed E-state index contributed by atoms with van der Waals surface area (Å²) in [5, 5.41) is 3.06. The van der Waals surface area contributed by atoms with E-state index >= 15 is 0 Å². The molecule has 0 radical (unpaired) electrons. The number of hydrogen-bond donors (Lipinski definition) is 1. The number of hydrogen-bond acceptors (Lipinski definition) is 5. The Morgan fingerprint density at radius 2 is 1.66 bits per heavy atom. The first-order chi connectivity index (χ1) is 15.3. The van der Waals surface area contributed by atoms with Crippen LogP contribution in [0.3, 0.4) is 0 Å². The van der Waals surface area contributed by atoms with Crippen LogP contribution in [0.5, 0.6) is 11.5 Å². The SMILES string of the molecule is CCOc1ccc(S(=O)(=O)N2CCC(C(=O)NC(C)c3cccc(OCC)c3)CC2)cc1. The molecule has 8 heteroatoms. The Kier molecular flexibility index (Phi) is 8.15. The van der Waals surface area contributed by atoms with Gasteiger partial charge in [0.05, 0.1) is 24.2 Å². The van der Waals surface area contributed by atoms with Crippen molar-refractivity contribution in [3.63, 3.8) is 0 Å². The largest absolute Gasteiger partial charge is 0.494 e. The molecule has 0 aliphatic carbocycles. The number of rotatable bonds is 9. The molecule has 1 heterocycles. The van der Waals surface area contributed by atoms with E-state index in [1.54, 1.807) is 24.3 Å². The van der Waals surface area contributed by atoms with E-state index in [0.29, 0.717) is 44.9 Å². The van der Waals surface area contributed by atoms with Crippen LogP contribution >= 0.6 is 0 Å². The molecule has 1 saturated heterocycles. The third-order valence-corrected chi connectivity index (χ3v) is 7.54. The van der Waals surface area contributed by atoms with Gasteiger partial charge in [0.1, 0.15) is 11.5 Å². The van der Waals surface area contributed by atoms with E-state index in [4.69, 9.17) is 9.47 Å². The van der Waals surface area contributed by atoms with Crippen molar-refractivity contribution in [1.29, 1.82) is 0 Å². The number of nitrogens with one attached hydrogen (secondary N) is 1. The fourth-order valence-electron chi connectivity index (χ4n) is 3.84. The first-order valence-corrected chi connectivity index (χ1v) is 12.5. The number of ether oxygens (including phenoxy) is 2. The van der Waals surface area contributed by atoms with Crippen molar-refractivity contribution < 1.29 is 22.7 Å². The third-order valence-electron chi connectivity index (χ3n) is 5.63. The minimum Gasteiger partial charge on any atom is -0.494 e. The number of piperidine rings is 1. The van der Waals surface area contributed by atoms with Gasteiger partial charge in [-0.15, -0.1) is 0 Å². The van der Waals surface area contributed by atoms with Crippen LogP contribution < -0.4 is 14.8 Å². The van der Waals surface area contributed by atoms with Gasteiger partial charge in [0.15, 0.2) is 0 Å². The van der Waals surface area contributed by atoms with Crippen LogP contribution in [0, 0.1) is 5.92 Å². The van der Waals surface area contributed by atoms with E-state index in [1.807, 2.05) is 45.0 Å². The van der Waals surface area contributed by atoms with Gasteiger partial charge in [0, 0.05) is 19.0 Å².